The molecule has 96 valence electrons. The monoisotopic (exact) mass is 236 g/mol. The highest BCUT2D eigenvalue weighted by Gasteiger charge is 2.25. The van der Waals surface area contributed by atoms with Crippen molar-refractivity contribution in [3.8, 4) is 5.75 Å². The molecule has 0 aliphatic heterocycles. The van der Waals surface area contributed by atoms with Crippen molar-refractivity contribution in [1.29, 1.82) is 0 Å². The summed E-state index contributed by atoms with van der Waals surface area (Å²) >= 11 is 0. The van der Waals surface area contributed by atoms with Crippen molar-refractivity contribution < 1.29 is 4.74 Å². The van der Waals surface area contributed by atoms with E-state index in [9.17, 15) is 0 Å². The van der Waals surface area contributed by atoms with Gasteiger partial charge in [-0.2, -0.15) is 0 Å². The molecule has 0 fully saturated rings. The van der Waals surface area contributed by atoms with Crippen LogP contribution in [-0.4, -0.2) is 12.6 Å². The van der Waals surface area contributed by atoms with Gasteiger partial charge in [0.1, 0.15) is 5.75 Å². The topological polar surface area (TPSA) is 61.3 Å². The van der Waals surface area contributed by atoms with Crippen LogP contribution in [0.3, 0.4) is 0 Å². The number of aryl methyl sites for hydroxylation is 1. The molecule has 0 heterocycles. The van der Waals surface area contributed by atoms with E-state index in [-0.39, 0.29) is 6.04 Å². The molecule has 17 heavy (non-hydrogen) atoms. The first kappa shape index (κ1) is 14.0. The summed E-state index contributed by atoms with van der Waals surface area (Å²) in [5, 5.41) is 0. The van der Waals surface area contributed by atoms with Crippen LogP contribution in [0.2, 0.25) is 0 Å². The molecule has 0 aromatic heterocycles. The molecule has 0 spiro atoms. The molecule has 0 radical (unpaired) electrons. The molecule has 0 saturated carbocycles. The van der Waals surface area contributed by atoms with Crippen molar-refractivity contribution in [1.82, 2.24) is 0 Å². The van der Waals surface area contributed by atoms with E-state index >= 15 is 0 Å². The second kappa shape index (κ2) is 4.67. The summed E-state index contributed by atoms with van der Waals surface area (Å²) in [4.78, 5) is 0. The van der Waals surface area contributed by atoms with E-state index in [1.807, 2.05) is 20.8 Å². The van der Waals surface area contributed by atoms with Crippen LogP contribution in [0.15, 0.2) is 6.07 Å². The maximum Gasteiger partial charge on any atom is 0.124 e. The van der Waals surface area contributed by atoms with E-state index < -0.39 is 5.54 Å². The Hall–Kier alpha value is -1.06. The zero-order chi connectivity index (χ0) is 13.4. The number of rotatable bonds is 3. The molecule has 1 unspecified atom stereocenters. The Kier molecular flexibility index (Phi) is 3.84. The minimum absolute atomic E-state index is 0.175. The highest BCUT2D eigenvalue weighted by atomic mass is 16.5. The second-order valence-corrected chi connectivity index (χ2v) is 5.36. The van der Waals surface area contributed by atoms with Crippen molar-refractivity contribution in [2.45, 2.75) is 46.2 Å². The highest BCUT2D eigenvalue weighted by molar-refractivity contribution is 5.50. The number of hydrogen-bond donors (Lipinski definition) is 2. The average molecular weight is 236 g/mol. The molecule has 0 saturated heterocycles. The van der Waals surface area contributed by atoms with Gasteiger partial charge in [0.2, 0.25) is 0 Å². The lowest BCUT2D eigenvalue weighted by Crippen LogP contribution is -2.44. The van der Waals surface area contributed by atoms with Crippen molar-refractivity contribution in [3.63, 3.8) is 0 Å². The van der Waals surface area contributed by atoms with Crippen molar-refractivity contribution in [3.05, 3.63) is 28.3 Å². The van der Waals surface area contributed by atoms with Gasteiger partial charge in [-0.1, -0.05) is 6.07 Å². The van der Waals surface area contributed by atoms with Crippen LogP contribution in [-0.2, 0) is 0 Å². The van der Waals surface area contributed by atoms with E-state index in [0.717, 1.165) is 22.4 Å². The predicted molar refractivity (Wildman–Crippen MR) is 72.4 cm³/mol. The first-order valence-corrected chi connectivity index (χ1v) is 5.89. The van der Waals surface area contributed by atoms with Crippen LogP contribution < -0.4 is 16.2 Å². The Morgan fingerprint density at radius 1 is 1.18 bits per heavy atom. The third kappa shape index (κ3) is 2.61. The third-order valence-electron chi connectivity index (χ3n) is 3.41. The quantitative estimate of drug-likeness (QED) is 0.847. The lowest BCUT2D eigenvalue weighted by atomic mass is 9.85. The minimum atomic E-state index is -0.432. The first-order chi connectivity index (χ1) is 7.70. The Bertz CT molecular complexity index is 419. The zero-order valence-corrected chi connectivity index (χ0v) is 11.7. The van der Waals surface area contributed by atoms with Gasteiger partial charge in [-0.05, 0) is 56.9 Å². The second-order valence-electron chi connectivity index (χ2n) is 5.36. The average Bonchev–Trinajstić information content (AvgIpc) is 2.22. The lowest BCUT2D eigenvalue weighted by molar-refractivity contribution is 0.402. The van der Waals surface area contributed by atoms with E-state index in [0.29, 0.717) is 0 Å². The van der Waals surface area contributed by atoms with Gasteiger partial charge in [-0.3, -0.25) is 0 Å². The van der Waals surface area contributed by atoms with Gasteiger partial charge in [0, 0.05) is 11.6 Å². The van der Waals surface area contributed by atoms with E-state index in [1.54, 1.807) is 7.11 Å². The molecule has 0 bridgehead atoms. The number of benzene rings is 1. The summed E-state index contributed by atoms with van der Waals surface area (Å²) in [7, 11) is 1.70. The summed E-state index contributed by atoms with van der Waals surface area (Å²) in [5.74, 6) is 0.938. The van der Waals surface area contributed by atoms with Crippen molar-refractivity contribution in [2.24, 2.45) is 11.5 Å². The van der Waals surface area contributed by atoms with Gasteiger partial charge in [0.25, 0.3) is 0 Å². The Balaban J connectivity index is 3.38. The molecule has 1 aromatic rings. The van der Waals surface area contributed by atoms with Crippen LogP contribution in [0.4, 0.5) is 0 Å². The summed E-state index contributed by atoms with van der Waals surface area (Å²) in [5.41, 5.74) is 16.4. The summed E-state index contributed by atoms with van der Waals surface area (Å²) in [6, 6.07) is 1.91. The fourth-order valence-corrected chi connectivity index (χ4v) is 2.13. The fourth-order valence-electron chi connectivity index (χ4n) is 2.13. The van der Waals surface area contributed by atoms with Gasteiger partial charge in [0.05, 0.1) is 7.11 Å². The molecule has 4 N–H and O–H groups in total. The van der Waals surface area contributed by atoms with Crippen LogP contribution >= 0.6 is 0 Å². The molecular weight excluding hydrogens is 212 g/mol. The summed E-state index contributed by atoms with van der Waals surface area (Å²) < 4.78 is 5.40. The maximum atomic E-state index is 6.24. The molecule has 3 heteroatoms. The minimum Gasteiger partial charge on any atom is -0.496 e. The Morgan fingerprint density at radius 2 is 1.71 bits per heavy atom. The van der Waals surface area contributed by atoms with Gasteiger partial charge in [-0.15, -0.1) is 0 Å². The predicted octanol–water partition coefficient (Wildman–Crippen LogP) is 2.36. The van der Waals surface area contributed by atoms with E-state index in [1.165, 1.54) is 5.56 Å². The highest BCUT2D eigenvalue weighted by Crippen LogP contribution is 2.33. The van der Waals surface area contributed by atoms with Crippen molar-refractivity contribution in [2.75, 3.05) is 7.11 Å². The van der Waals surface area contributed by atoms with Crippen LogP contribution in [0, 0.1) is 20.8 Å². The Labute approximate surface area is 104 Å². The molecule has 0 amide bonds. The molecule has 1 aromatic carbocycles. The SMILES string of the molecule is COc1c(C)cc(C(N)C(C)(C)N)c(C)c1C. The molecule has 1 rings (SSSR count). The van der Waals surface area contributed by atoms with Gasteiger partial charge in [-0.25, -0.2) is 0 Å². The normalized spacial score (nSPS) is 13.6. The van der Waals surface area contributed by atoms with Gasteiger partial charge < -0.3 is 16.2 Å². The smallest absolute Gasteiger partial charge is 0.124 e. The van der Waals surface area contributed by atoms with Crippen LogP contribution in [0.1, 0.15) is 42.1 Å². The number of methoxy groups -OCH3 is 1. The molecule has 0 aliphatic carbocycles. The third-order valence-corrected chi connectivity index (χ3v) is 3.41. The van der Waals surface area contributed by atoms with E-state index in [2.05, 4.69) is 19.9 Å². The van der Waals surface area contributed by atoms with Crippen molar-refractivity contribution >= 4 is 0 Å². The standard InChI is InChI=1S/C14H24N2O/c1-8-7-11(13(15)14(4,5)16)9(2)10(3)12(8)17-6/h7,13H,15-16H2,1-6H3. The Morgan fingerprint density at radius 3 is 2.12 bits per heavy atom. The number of ether oxygens (including phenoxy) is 1. The van der Waals surface area contributed by atoms with E-state index in [4.69, 9.17) is 16.2 Å². The van der Waals surface area contributed by atoms with Crippen LogP contribution in [0.5, 0.6) is 5.75 Å². The molecule has 0 aliphatic rings. The maximum absolute atomic E-state index is 6.24. The fraction of sp³-hybridized carbons (Fsp3) is 0.571. The number of hydrogen-bond acceptors (Lipinski definition) is 3. The zero-order valence-electron chi connectivity index (χ0n) is 11.7. The molecule has 1 atom stereocenters. The summed E-state index contributed by atoms with van der Waals surface area (Å²) in [6.45, 7) is 10.1. The summed E-state index contributed by atoms with van der Waals surface area (Å²) in [6.07, 6.45) is 0. The van der Waals surface area contributed by atoms with Gasteiger partial charge >= 0.3 is 0 Å². The lowest BCUT2D eigenvalue weighted by Gasteiger charge is -2.30. The molecular formula is C14H24N2O. The largest absolute Gasteiger partial charge is 0.496 e. The van der Waals surface area contributed by atoms with Gasteiger partial charge in [0.15, 0.2) is 0 Å². The molecule has 3 nitrogen and oxygen atoms in total. The number of nitrogens with two attached hydrogens (primary N) is 2. The first-order valence-electron chi connectivity index (χ1n) is 5.89. The van der Waals surface area contributed by atoms with Crippen LogP contribution in [0.25, 0.3) is 0 Å².